The number of carbonyl (C=O) groups is 1. The normalized spacial score (nSPS) is 23.2. The lowest BCUT2D eigenvalue weighted by Gasteiger charge is -2.30. The van der Waals surface area contributed by atoms with Gasteiger partial charge in [0, 0.05) is 0 Å². The first-order valence-electron chi connectivity index (χ1n) is 6.60. The van der Waals surface area contributed by atoms with Crippen molar-refractivity contribution in [2.75, 3.05) is 6.26 Å². The zero-order valence-electron chi connectivity index (χ0n) is 11.3. The fourth-order valence-electron chi connectivity index (χ4n) is 2.31. The number of ether oxygens (including phenoxy) is 1. The van der Waals surface area contributed by atoms with Gasteiger partial charge in [0.05, 0.1) is 11.8 Å². The summed E-state index contributed by atoms with van der Waals surface area (Å²) in [6.07, 6.45) is 2.91. The van der Waals surface area contributed by atoms with Gasteiger partial charge in [-0.15, -0.1) is 0 Å². The Labute approximate surface area is 119 Å². The first-order valence-corrected chi connectivity index (χ1v) is 8.41. The van der Waals surface area contributed by atoms with Crippen molar-refractivity contribution in [1.82, 2.24) is 0 Å². The van der Waals surface area contributed by atoms with Gasteiger partial charge < -0.3 is 4.74 Å². The molecule has 20 heavy (non-hydrogen) atoms. The molecule has 0 aromatic heterocycles. The molecule has 0 bridgehead atoms. The minimum atomic E-state index is -3.55. The minimum absolute atomic E-state index is 0.445. The first kappa shape index (κ1) is 15.0. The third-order valence-electron chi connectivity index (χ3n) is 3.21. The van der Waals surface area contributed by atoms with Gasteiger partial charge in [-0.2, -0.15) is 8.42 Å². The predicted octanol–water partition coefficient (Wildman–Crippen LogP) is 2.13. The monoisotopic (exact) mass is 298 g/mol. The average molecular weight is 298 g/mol. The highest BCUT2D eigenvalue weighted by molar-refractivity contribution is 7.86. The molecule has 0 saturated heterocycles. The summed E-state index contributed by atoms with van der Waals surface area (Å²) in [7, 11) is -3.55. The van der Waals surface area contributed by atoms with Crippen LogP contribution in [-0.4, -0.2) is 32.9 Å². The Morgan fingerprint density at radius 1 is 1.10 bits per heavy atom. The summed E-state index contributed by atoms with van der Waals surface area (Å²) in [6, 6.07) is 8.64. The zero-order chi connectivity index (χ0) is 14.6. The second-order valence-corrected chi connectivity index (χ2v) is 6.53. The molecule has 1 fully saturated rings. The standard InChI is InChI=1S/C14H18O5S/c1-20(16,17)19-13-10-6-5-9-12(13)18-14(15)11-7-3-2-4-8-11/h2-4,7-8,12-13H,5-6,9-10H2,1H3/t12-,13+/m1/s1. The molecule has 2 atom stereocenters. The molecule has 1 aromatic carbocycles. The lowest BCUT2D eigenvalue weighted by Crippen LogP contribution is -2.37. The quantitative estimate of drug-likeness (QED) is 0.629. The molecular formula is C14H18O5S. The molecule has 0 heterocycles. The highest BCUT2D eigenvalue weighted by Gasteiger charge is 2.32. The Morgan fingerprint density at radius 3 is 2.30 bits per heavy atom. The molecule has 2 rings (SSSR count). The molecule has 1 aliphatic carbocycles. The number of hydrogen-bond acceptors (Lipinski definition) is 5. The summed E-state index contributed by atoms with van der Waals surface area (Å²) in [6.45, 7) is 0. The van der Waals surface area contributed by atoms with Crippen molar-refractivity contribution in [2.45, 2.75) is 37.9 Å². The molecule has 0 unspecified atom stereocenters. The van der Waals surface area contributed by atoms with E-state index in [4.69, 9.17) is 8.92 Å². The maximum atomic E-state index is 12.0. The number of rotatable bonds is 4. The topological polar surface area (TPSA) is 69.7 Å². The van der Waals surface area contributed by atoms with E-state index in [2.05, 4.69) is 0 Å². The van der Waals surface area contributed by atoms with Crippen LogP contribution in [0.5, 0.6) is 0 Å². The third kappa shape index (κ3) is 4.31. The third-order valence-corrected chi connectivity index (χ3v) is 3.81. The van der Waals surface area contributed by atoms with E-state index in [0.717, 1.165) is 19.1 Å². The number of benzene rings is 1. The van der Waals surface area contributed by atoms with E-state index >= 15 is 0 Å². The number of esters is 1. The molecule has 6 heteroatoms. The Balaban J connectivity index is 2.04. The fraction of sp³-hybridized carbons (Fsp3) is 0.500. The number of hydrogen-bond donors (Lipinski definition) is 0. The van der Waals surface area contributed by atoms with Gasteiger partial charge in [-0.25, -0.2) is 4.79 Å². The van der Waals surface area contributed by atoms with Crippen LogP contribution in [-0.2, 0) is 19.0 Å². The van der Waals surface area contributed by atoms with E-state index in [1.165, 1.54) is 0 Å². The summed E-state index contributed by atoms with van der Waals surface area (Å²) in [5, 5.41) is 0. The van der Waals surface area contributed by atoms with Crippen LogP contribution in [0.2, 0.25) is 0 Å². The molecule has 1 aliphatic rings. The molecule has 0 N–H and O–H groups in total. The van der Waals surface area contributed by atoms with E-state index in [-0.39, 0.29) is 0 Å². The van der Waals surface area contributed by atoms with Gasteiger partial charge in [-0.3, -0.25) is 4.18 Å². The summed E-state index contributed by atoms with van der Waals surface area (Å²) < 4.78 is 32.9. The zero-order valence-corrected chi connectivity index (χ0v) is 12.1. The molecular weight excluding hydrogens is 280 g/mol. The van der Waals surface area contributed by atoms with Crippen LogP contribution >= 0.6 is 0 Å². The van der Waals surface area contributed by atoms with Crippen molar-refractivity contribution < 1.29 is 22.1 Å². The molecule has 0 aliphatic heterocycles. The van der Waals surface area contributed by atoms with Crippen molar-refractivity contribution >= 4 is 16.1 Å². The van der Waals surface area contributed by atoms with Gasteiger partial charge in [0.1, 0.15) is 12.2 Å². The summed E-state index contributed by atoms with van der Waals surface area (Å²) in [5.74, 6) is -0.445. The van der Waals surface area contributed by atoms with Gasteiger partial charge in [0.25, 0.3) is 10.1 Å². The van der Waals surface area contributed by atoms with Crippen molar-refractivity contribution in [3.63, 3.8) is 0 Å². The van der Waals surface area contributed by atoms with Gasteiger partial charge in [0.15, 0.2) is 0 Å². The predicted molar refractivity (Wildman–Crippen MR) is 73.8 cm³/mol. The van der Waals surface area contributed by atoms with Crippen LogP contribution in [0.25, 0.3) is 0 Å². The van der Waals surface area contributed by atoms with Crippen LogP contribution in [0.4, 0.5) is 0 Å². The van der Waals surface area contributed by atoms with E-state index in [0.29, 0.717) is 18.4 Å². The largest absolute Gasteiger partial charge is 0.456 e. The molecule has 1 aromatic rings. The second-order valence-electron chi connectivity index (χ2n) is 4.93. The fourth-order valence-corrected chi connectivity index (χ4v) is 2.98. The van der Waals surface area contributed by atoms with Gasteiger partial charge >= 0.3 is 5.97 Å². The Bertz CT molecular complexity index is 552. The van der Waals surface area contributed by atoms with Crippen molar-refractivity contribution in [2.24, 2.45) is 0 Å². The molecule has 5 nitrogen and oxygen atoms in total. The van der Waals surface area contributed by atoms with Crippen molar-refractivity contribution in [1.29, 1.82) is 0 Å². The van der Waals surface area contributed by atoms with E-state index in [1.54, 1.807) is 24.3 Å². The van der Waals surface area contributed by atoms with Crippen LogP contribution in [0.15, 0.2) is 30.3 Å². The van der Waals surface area contributed by atoms with Crippen LogP contribution in [0.3, 0.4) is 0 Å². The van der Waals surface area contributed by atoms with E-state index in [1.807, 2.05) is 6.07 Å². The van der Waals surface area contributed by atoms with Crippen molar-refractivity contribution in [3.05, 3.63) is 35.9 Å². The van der Waals surface area contributed by atoms with Gasteiger partial charge in [0.2, 0.25) is 0 Å². The van der Waals surface area contributed by atoms with E-state index in [9.17, 15) is 13.2 Å². The highest BCUT2D eigenvalue weighted by atomic mass is 32.2. The Kier molecular flexibility index (Phi) is 4.77. The summed E-state index contributed by atoms with van der Waals surface area (Å²) >= 11 is 0. The van der Waals surface area contributed by atoms with Crippen LogP contribution in [0, 0.1) is 0 Å². The lowest BCUT2D eigenvalue weighted by atomic mass is 9.95. The summed E-state index contributed by atoms with van der Waals surface area (Å²) in [4.78, 5) is 12.0. The van der Waals surface area contributed by atoms with Gasteiger partial charge in [-0.05, 0) is 31.4 Å². The minimum Gasteiger partial charge on any atom is -0.456 e. The first-order chi connectivity index (χ1) is 9.46. The SMILES string of the molecule is CS(=O)(=O)O[C@H]1CCCC[C@H]1OC(=O)c1ccccc1. The molecule has 0 spiro atoms. The molecule has 110 valence electrons. The lowest BCUT2D eigenvalue weighted by molar-refractivity contribution is -0.0241. The second kappa shape index (κ2) is 6.37. The molecule has 0 radical (unpaired) electrons. The van der Waals surface area contributed by atoms with Crippen LogP contribution < -0.4 is 0 Å². The van der Waals surface area contributed by atoms with Crippen molar-refractivity contribution in [3.8, 4) is 0 Å². The molecule has 0 amide bonds. The number of carbonyl (C=O) groups excluding carboxylic acids is 1. The van der Waals surface area contributed by atoms with Gasteiger partial charge in [-0.1, -0.05) is 24.6 Å². The molecule has 1 saturated carbocycles. The maximum Gasteiger partial charge on any atom is 0.338 e. The Hall–Kier alpha value is -1.40. The smallest absolute Gasteiger partial charge is 0.338 e. The Morgan fingerprint density at radius 2 is 1.70 bits per heavy atom. The maximum absolute atomic E-state index is 12.0. The van der Waals surface area contributed by atoms with Crippen LogP contribution in [0.1, 0.15) is 36.0 Å². The summed E-state index contributed by atoms with van der Waals surface area (Å²) in [5.41, 5.74) is 0.455. The average Bonchev–Trinajstić information content (AvgIpc) is 2.40. The van der Waals surface area contributed by atoms with E-state index < -0.39 is 28.3 Å². The highest BCUT2D eigenvalue weighted by Crippen LogP contribution is 2.25.